The Morgan fingerprint density at radius 2 is 1.10 bits per heavy atom. The smallest absolute Gasteiger partial charge is 0.248 e. The van der Waals surface area contributed by atoms with Gasteiger partial charge in [-0.05, 0) is 51.4 Å². The molecule has 0 radical (unpaired) electrons. The number of rotatable bonds is 9. The Balaban J connectivity index is 0.000000154. The monoisotopic (exact) mass is 736 g/mol. The normalized spacial score (nSPS) is 20.7. The van der Waals surface area contributed by atoms with Crippen LogP contribution in [0.3, 0.4) is 0 Å². The number of thiazole rings is 2. The average Bonchev–Trinajstić information content (AvgIpc) is 4.01. The van der Waals surface area contributed by atoms with Gasteiger partial charge in [0.1, 0.15) is 16.8 Å². The van der Waals surface area contributed by atoms with Crippen LogP contribution in [0.2, 0.25) is 5.15 Å². The molecule has 4 aromatic rings. The molecule has 16 heteroatoms. The van der Waals surface area contributed by atoms with Crippen molar-refractivity contribution in [3.8, 4) is 27.5 Å². The number of methoxy groups -OCH3 is 1. The zero-order chi connectivity index (χ0) is 34.2. The van der Waals surface area contributed by atoms with Crippen LogP contribution >= 0.6 is 34.3 Å². The molecule has 0 amide bonds. The van der Waals surface area contributed by atoms with Crippen LogP contribution in [-0.2, 0) is 0 Å². The van der Waals surface area contributed by atoms with Crippen molar-refractivity contribution in [3.63, 3.8) is 0 Å². The van der Waals surface area contributed by atoms with Crippen LogP contribution in [0.5, 0.6) is 5.88 Å². The van der Waals surface area contributed by atoms with E-state index in [1.54, 1.807) is 19.2 Å². The number of ether oxygens (including phenoxy) is 1. The van der Waals surface area contributed by atoms with Crippen molar-refractivity contribution in [2.24, 2.45) is 0 Å². The average molecular weight is 737 g/mol. The lowest BCUT2D eigenvalue weighted by Gasteiger charge is -2.29. The van der Waals surface area contributed by atoms with Crippen molar-refractivity contribution in [1.82, 2.24) is 29.9 Å². The van der Waals surface area contributed by atoms with Gasteiger partial charge in [-0.1, -0.05) is 11.6 Å². The highest BCUT2D eigenvalue weighted by Crippen LogP contribution is 2.43. The number of hydrogen-bond acceptors (Lipinski definition) is 11. The number of halogens is 5. The first kappa shape index (κ1) is 34.3. The summed E-state index contributed by atoms with van der Waals surface area (Å²) in [6, 6.07) is 3.31. The number of aromatic nitrogens is 6. The Hall–Kier alpha value is -3.17. The third-order valence-corrected chi connectivity index (χ3v) is 11.1. The minimum Gasteiger partial charge on any atom is -0.481 e. The van der Waals surface area contributed by atoms with Crippen molar-refractivity contribution in [2.75, 3.05) is 17.7 Å². The largest absolute Gasteiger partial charge is 0.481 e. The second-order valence-corrected chi connectivity index (χ2v) is 15.4. The van der Waals surface area contributed by atoms with Gasteiger partial charge in [-0.2, -0.15) is 4.98 Å². The molecule has 0 spiro atoms. The molecule has 0 bridgehead atoms. The molecule has 0 aliphatic heterocycles. The summed E-state index contributed by atoms with van der Waals surface area (Å²) in [5.74, 6) is -1.30. The van der Waals surface area contributed by atoms with E-state index >= 15 is 0 Å². The molecule has 0 saturated heterocycles. The molecule has 262 valence electrons. The summed E-state index contributed by atoms with van der Waals surface area (Å²) in [5.41, 5.74) is 2.21. The van der Waals surface area contributed by atoms with Gasteiger partial charge >= 0.3 is 0 Å². The van der Waals surface area contributed by atoms with Crippen LogP contribution < -0.4 is 15.4 Å². The van der Waals surface area contributed by atoms with Gasteiger partial charge in [-0.25, -0.2) is 42.5 Å². The second kappa shape index (κ2) is 14.2. The summed E-state index contributed by atoms with van der Waals surface area (Å²) in [6.45, 7) is 0. The lowest BCUT2D eigenvalue weighted by Crippen LogP contribution is -2.32. The number of nitrogens with one attached hydrogen (secondary N) is 2. The van der Waals surface area contributed by atoms with E-state index in [2.05, 4.69) is 45.9 Å². The van der Waals surface area contributed by atoms with Crippen molar-refractivity contribution in [2.45, 2.75) is 113 Å². The lowest BCUT2D eigenvalue weighted by molar-refractivity contribution is -0.0366. The summed E-state index contributed by atoms with van der Waals surface area (Å²) in [6.07, 6.45) is 6.13. The van der Waals surface area contributed by atoms with Crippen molar-refractivity contribution < 1.29 is 22.3 Å². The van der Waals surface area contributed by atoms with E-state index in [-0.39, 0.29) is 37.8 Å². The first-order valence-corrected chi connectivity index (χ1v) is 18.8. The molecule has 2 N–H and O–H groups in total. The molecule has 4 saturated carbocycles. The minimum absolute atomic E-state index is 0.00889. The van der Waals surface area contributed by atoms with Crippen LogP contribution in [0.4, 0.5) is 29.2 Å². The maximum Gasteiger partial charge on any atom is 0.248 e. The fourth-order valence-corrected chi connectivity index (χ4v) is 7.83. The second-order valence-electron chi connectivity index (χ2n) is 13.3. The number of nitrogens with zero attached hydrogens (tertiary/aromatic N) is 6. The zero-order valence-corrected chi connectivity index (χ0v) is 29.3. The lowest BCUT2D eigenvalue weighted by atomic mass is 9.92. The Morgan fingerprint density at radius 3 is 1.55 bits per heavy atom. The highest BCUT2D eigenvalue weighted by Gasteiger charge is 2.36. The minimum atomic E-state index is -2.53. The molecule has 0 atom stereocenters. The van der Waals surface area contributed by atoms with Gasteiger partial charge < -0.3 is 15.4 Å². The Morgan fingerprint density at radius 1 is 0.653 bits per heavy atom. The number of anilines is 2. The van der Waals surface area contributed by atoms with E-state index in [9.17, 15) is 17.6 Å². The van der Waals surface area contributed by atoms with Crippen molar-refractivity contribution >= 4 is 45.9 Å². The summed E-state index contributed by atoms with van der Waals surface area (Å²) in [7, 11) is 1.55. The molecule has 0 unspecified atom stereocenters. The van der Waals surface area contributed by atoms with Gasteiger partial charge in [0.15, 0.2) is 21.7 Å². The molecule has 4 aliphatic carbocycles. The highest BCUT2D eigenvalue weighted by molar-refractivity contribution is 7.13. The van der Waals surface area contributed by atoms with Crippen molar-refractivity contribution in [1.29, 1.82) is 0 Å². The van der Waals surface area contributed by atoms with Crippen LogP contribution in [0.1, 0.15) is 100 Å². The van der Waals surface area contributed by atoms with E-state index in [0.717, 1.165) is 21.4 Å². The van der Waals surface area contributed by atoms with Gasteiger partial charge in [0.25, 0.3) is 0 Å². The molecule has 8 rings (SSSR count). The maximum absolute atomic E-state index is 13.3. The predicted molar refractivity (Wildman–Crippen MR) is 183 cm³/mol. The van der Waals surface area contributed by atoms with Crippen LogP contribution in [0.25, 0.3) is 21.7 Å². The Kier molecular flexibility index (Phi) is 9.95. The Bertz CT molecular complexity index is 1750. The SMILES string of the molecule is COc1cc(NC2CCC(F)(F)CC2)nc(-c2nc(C3CC3)cs2)n1.FC1(F)CCC(Nc2cc(Cl)nc(-c3nc(C4CC4)cs3)n2)CC1. The van der Waals surface area contributed by atoms with Gasteiger partial charge in [-0.15, -0.1) is 22.7 Å². The van der Waals surface area contributed by atoms with E-state index in [1.807, 2.05) is 5.38 Å². The molecular weight excluding hydrogens is 700 g/mol. The van der Waals surface area contributed by atoms with Gasteiger partial charge in [0, 0.05) is 72.5 Å². The summed E-state index contributed by atoms with van der Waals surface area (Å²) in [5, 5.41) is 12.4. The topological polar surface area (TPSA) is 111 Å². The van der Waals surface area contributed by atoms with E-state index < -0.39 is 11.8 Å². The predicted octanol–water partition coefficient (Wildman–Crippen LogP) is 9.60. The van der Waals surface area contributed by atoms with Gasteiger partial charge in [0.05, 0.1) is 18.5 Å². The molecule has 9 nitrogen and oxygen atoms in total. The highest BCUT2D eigenvalue weighted by atomic mass is 35.5. The van der Waals surface area contributed by atoms with Gasteiger partial charge in [-0.3, -0.25) is 0 Å². The molecule has 4 aromatic heterocycles. The fourth-order valence-electron chi connectivity index (χ4n) is 5.98. The third-order valence-electron chi connectivity index (χ3n) is 9.16. The van der Waals surface area contributed by atoms with E-state index in [4.69, 9.17) is 16.3 Å². The number of hydrogen-bond donors (Lipinski definition) is 2. The third kappa shape index (κ3) is 9.14. The molecule has 0 aromatic carbocycles. The van der Waals surface area contributed by atoms with Crippen LogP contribution in [-0.4, -0.2) is 60.9 Å². The molecule has 4 aliphatic rings. The standard InChI is InChI=1S/C17H20F2N4OS.C16H17ClF2N4S/c1-24-14-8-13(20-11-4-6-17(18,19)7-5-11)22-15(23-14)16-21-12(9-25-16)10-2-3-10;17-12-7-13(20-10-3-5-16(18,19)6-4-10)23-14(22-12)15-21-11(8-24-15)9-1-2-9/h8-11H,2-7H2,1H3,(H,20,22,23);7-10H,1-6H2,(H,20,22,23). The summed E-state index contributed by atoms with van der Waals surface area (Å²) >= 11 is 9.15. The summed E-state index contributed by atoms with van der Waals surface area (Å²) in [4.78, 5) is 26.9. The van der Waals surface area contributed by atoms with E-state index in [1.165, 1.54) is 48.4 Å². The van der Waals surface area contributed by atoms with Crippen LogP contribution in [0, 0.1) is 0 Å². The molecule has 4 heterocycles. The summed E-state index contributed by atoms with van der Waals surface area (Å²) < 4.78 is 58.4. The molecule has 49 heavy (non-hydrogen) atoms. The first-order valence-electron chi connectivity index (χ1n) is 16.7. The molecule has 4 fully saturated rings. The van der Waals surface area contributed by atoms with Crippen molar-refractivity contribution in [3.05, 3.63) is 39.4 Å². The van der Waals surface area contributed by atoms with Gasteiger partial charge in [0.2, 0.25) is 17.7 Å². The van der Waals surface area contributed by atoms with E-state index in [0.29, 0.717) is 71.8 Å². The zero-order valence-electron chi connectivity index (χ0n) is 26.9. The number of alkyl halides is 4. The Labute approximate surface area is 294 Å². The molecular formula is C33H37ClF4N8OS2. The maximum atomic E-state index is 13.3. The van der Waals surface area contributed by atoms with Crippen LogP contribution in [0.15, 0.2) is 22.9 Å². The quantitative estimate of drug-likeness (QED) is 0.128. The first-order chi connectivity index (χ1) is 23.5. The fraction of sp³-hybridized carbons (Fsp3) is 0.576.